The maximum absolute atomic E-state index is 11.0. The first kappa shape index (κ1) is 14.8. The van der Waals surface area contributed by atoms with Crippen LogP contribution in [0.3, 0.4) is 0 Å². The SMILES string of the molecule is COCc1c(Cl)cc(C2CC(C(=O)O)CN2)cc1Br. The molecule has 2 N–H and O–H groups in total. The molecule has 1 heterocycles. The highest BCUT2D eigenvalue weighted by Gasteiger charge is 2.30. The number of halogens is 2. The molecule has 0 bridgehead atoms. The largest absolute Gasteiger partial charge is 0.481 e. The van der Waals surface area contributed by atoms with Gasteiger partial charge in [0.1, 0.15) is 0 Å². The minimum atomic E-state index is -0.754. The highest BCUT2D eigenvalue weighted by molar-refractivity contribution is 9.10. The summed E-state index contributed by atoms with van der Waals surface area (Å²) >= 11 is 9.72. The van der Waals surface area contributed by atoms with E-state index in [-0.39, 0.29) is 12.0 Å². The molecule has 1 aliphatic heterocycles. The molecule has 2 unspecified atom stereocenters. The molecule has 6 heteroatoms. The molecule has 0 spiro atoms. The van der Waals surface area contributed by atoms with Crippen LogP contribution in [0.5, 0.6) is 0 Å². The molecule has 19 heavy (non-hydrogen) atoms. The summed E-state index contributed by atoms with van der Waals surface area (Å²) in [5.41, 5.74) is 1.90. The van der Waals surface area contributed by atoms with Crippen LogP contribution < -0.4 is 5.32 Å². The number of carboxylic acids is 1. The van der Waals surface area contributed by atoms with Gasteiger partial charge in [-0.15, -0.1) is 0 Å². The molecule has 1 fully saturated rings. The zero-order valence-electron chi connectivity index (χ0n) is 10.5. The topological polar surface area (TPSA) is 58.6 Å². The smallest absolute Gasteiger partial charge is 0.307 e. The summed E-state index contributed by atoms with van der Waals surface area (Å²) in [7, 11) is 1.62. The Morgan fingerprint density at radius 3 is 2.89 bits per heavy atom. The number of benzene rings is 1. The quantitative estimate of drug-likeness (QED) is 0.878. The molecule has 2 rings (SSSR count). The Bertz CT molecular complexity index is 472. The lowest BCUT2D eigenvalue weighted by molar-refractivity contribution is -0.141. The van der Waals surface area contributed by atoms with Crippen LogP contribution in [0.4, 0.5) is 0 Å². The van der Waals surface area contributed by atoms with Crippen molar-refractivity contribution in [2.45, 2.75) is 19.1 Å². The second-order valence-corrected chi connectivity index (χ2v) is 5.89. The molecule has 1 aliphatic rings. The minimum Gasteiger partial charge on any atom is -0.481 e. The van der Waals surface area contributed by atoms with Crippen molar-refractivity contribution >= 4 is 33.5 Å². The van der Waals surface area contributed by atoms with Crippen molar-refractivity contribution in [3.63, 3.8) is 0 Å². The van der Waals surface area contributed by atoms with Gasteiger partial charge < -0.3 is 15.2 Å². The maximum Gasteiger partial charge on any atom is 0.307 e. The molecular formula is C13H15BrClNO3. The van der Waals surface area contributed by atoms with E-state index in [1.54, 1.807) is 7.11 Å². The molecule has 4 nitrogen and oxygen atoms in total. The lowest BCUT2D eigenvalue weighted by Crippen LogP contribution is -2.17. The van der Waals surface area contributed by atoms with E-state index in [4.69, 9.17) is 21.4 Å². The predicted octanol–water partition coefficient (Wildman–Crippen LogP) is 2.98. The summed E-state index contributed by atoms with van der Waals surface area (Å²) < 4.78 is 5.98. The fourth-order valence-electron chi connectivity index (χ4n) is 2.28. The van der Waals surface area contributed by atoms with Crippen LogP contribution in [-0.4, -0.2) is 24.7 Å². The summed E-state index contributed by atoms with van der Waals surface area (Å²) in [6.07, 6.45) is 0.585. The van der Waals surface area contributed by atoms with Gasteiger partial charge in [-0.25, -0.2) is 0 Å². The van der Waals surface area contributed by atoms with Crippen LogP contribution in [0.1, 0.15) is 23.6 Å². The van der Waals surface area contributed by atoms with Crippen LogP contribution in [0, 0.1) is 5.92 Å². The van der Waals surface area contributed by atoms with E-state index in [1.165, 1.54) is 0 Å². The number of aliphatic carboxylic acids is 1. The first-order valence-corrected chi connectivity index (χ1v) is 7.13. The third kappa shape index (κ3) is 3.28. The van der Waals surface area contributed by atoms with Gasteiger partial charge in [-0.1, -0.05) is 27.5 Å². The van der Waals surface area contributed by atoms with E-state index in [0.29, 0.717) is 24.6 Å². The molecule has 1 saturated heterocycles. The van der Waals surface area contributed by atoms with Gasteiger partial charge in [0.15, 0.2) is 0 Å². The van der Waals surface area contributed by atoms with E-state index >= 15 is 0 Å². The Morgan fingerprint density at radius 1 is 1.63 bits per heavy atom. The van der Waals surface area contributed by atoms with E-state index < -0.39 is 5.97 Å². The van der Waals surface area contributed by atoms with Gasteiger partial charge in [0.2, 0.25) is 0 Å². The van der Waals surface area contributed by atoms with Crippen molar-refractivity contribution in [3.05, 3.63) is 32.8 Å². The van der Waals surface area contributed by atoms with E-state index in [0.717, 1.165) is 15.6 Å². The average molecular weight is 349 g/mol. The number of methoxy groups -OCH3 is 1. The zero-order chi connectivity index (χ0) is 14.0. The van der Waals surface area contributed by atoms with E-state index in [9.17, 15) is 4.79 Å². The number of carbonyl (C=O) groups is 1. The van der Waals surface area contributed by atoms with Crippen molar-refractivity contribution in [3.8, 4) is 0 Å². The second kappa shape index (κ2) is 6.22. The molecular weight excluding hydrogens is 334 g/mol. The third-order valence-electron chi connectivity index (χ3n) is 3.33. The van der Waals surface area contributed by atoms with Crippen molar-refractivity contribution in [1.82, 2.24) is 5.32 Å². The Morgan fingerprint density at radius 2 is 2.37 bits per heavy atom. The van der Waals surface area contributed by atoms with Crippen LogP contribution in [0.15, 0.2) is 16.6 Å². The Hall–Kier alpha value is -0.620. The predicted molar refractivity (Wildman–Crippen MR) is 76.4 cm³/mol. The van der Waals surface area contributed by atoms with Gasteiger partial charge in [0.25, 0.3) is 0 Å². The second-order valence-electron chi connectivity index (χ2n) is 4.63. The minimum absolute atomic E-state index is 0.0338. The van der Waals surface area contributed by atoms with Crippen LogP contribution in [0.2, 0.25) is 5.02 Å². The fourth-order valence-corrected chi connectivity index (χ4v) is 3.27. The molecule has 0 amide bonds. The zero-order valence-corrected chi connectivity index (χ0v) is 12.8. The Balaban J connectivity index is 2.20. The van der Waals surface area contributed by atoms with Crippen molar-refractivity contribution in [2.24, 2.45) is 5.92 Å². The summed E-state index contributed by atoms with van der Waals surface area (Å²) in [5, 5.41) is 12.9. The summed E-state index contributed by atoms with van der Waals surface area (Å²) in [6.45, 7) is 0.935. The molecule has 0 aliphatic carbocycles. The maximum atomic E-state index is 11.0. The number of hydrogen-bond donors (Lipinski definition) is 2. The van der Waals surface area contributed by atoms with Gasteiger partial charge in [0.05, 0.1) is 12.5 Å². The monoisotopic (exact) mass is 347 g/mol. The highest BCUT2D eigenvalue weighted by Crippen LogP contribution is 2.34. The van der Waals surface area contributed by atoms with Crippen molar-refractivity contribution < 1.29 is 14.6 Å². The molecule has 1 aromatic rings. The van der Waals surface area contributed by atoms with Gasteiger partial charge in [-0.3, -0.25) is 4.79 Å². The third-order valence-corrected chi connectivity index (χ3v) is 4.38. The van der Waals surface area contributed by atoms with Gasteiger partial charge in [-0.2, -0.15) is 0 Å². The number of ether oxygens (including phenoxy) is 1. The van der Waals surface area contributed by atoms with Crippen LogP contribution in [-0.2, 0) is 16.1 Å². The van der Waals surface area contributed by atoms with Crippen molar-refractivity contribution in [1.29, 1.82) is 0 Å². The first-order valence-electron chi connectivity index (χ1n) is 5.96. The number of nitrogens with one attached hydrogen (secondary N) is 1. The lowest BCUT2D eigenvalue weighted by Gasteiger charge is -2.14. The molecule has 0 saturated carbocycles. The fraction of sp³-hybridized carbons (Fsp3) is 0.462. The summed E-state index contributed by atoms with van der Waals surface area (Å²) in [6, 6.07) is 3.89. The van der Waals surface area contributed by atoms with E-state index in [1.807, 2.05) is 12.1 Å². The molecule has 104 valence electrons. The highest BCUT2D eigenvalue weighted by atomic mass is 79.9. The van der Waals surface area contributed by atoms with Crippen LogP contribution >= 0.6 is 27.5 Å². The van der Waals surface area contributed by atoms with Gasteiger partial charge >= 0.3 is 5.97 Å². The van der Waals surface area contributed by atoms with E-state index in [2.05, 4.69) is 21.2 Å². The summed E-state index contributed by atoms with van der Waals surface area (Å²) in [4.78, 5) is 11.0. The van der Waals surface area contributed by atoms with Gasteiger partial charge in [0, 0.05) is 34.8 Å². The normalized spacial score (nSPS) is 22.7. The molecule has 1 aromatic carbocycles. The van der Waals surface area contributed by atoms with Gasteiger partial charge in [-0.05, 0) is 24.1 Å². The molecule has 0 radical (unpaired) electrons. The number of rotatable bonds is 4. The average Bonchev–Trinajstić information content (AvgIpc) is 2.83. The lowest BCUT2D eigenvalue weighted by atomic mass is 9.99. The number of hydrogen-bond acceptors (Lipinski definition) is 3. The molecule has 0 aromatic heterocycles. The first-order chi connectivity index (χ1) is 9.02. The van der Waals surface area contributed by atoms with Crippen molar-refractivity contribution in [2.75, 3.05) is 13.7 Å². The Labute approximate surface area is 125 Å². The standard InChI is InChI=1S/C13H15BrClNO3/c1-19-6-9-10(14)2-7(3-11(9)15)12-4-8(5-16-12)13(17)18/h2-3,8,12,16H,4-6H2,1H3,(H,17,18). The Kier molecular flexibility index (Phi) is 4.84. The summed E-state index contributed by atoms with van der Waals surface area (Å²) in [5.74, 6) is -1.09. The number of carboxylic acid groups (broad SMARTS) is 1. The molecule has 2 atom stereocenters. The van der Waals surface area contributed by atoms with Crippen LogP contribution in [0.25, 0.3) is 0 Å².